The van der Waals surface area contributed by atoms with Gasteiger partial charge in [-0.15, -0.1) is 0 Å². The first kappa shape index (κ1) is 17.6. The van der Waals surface area contributed by atoms with Crippen LogP contribution in [0.3, 0.4) is 0 Å². The molecule has 0 aliphatic heterocycles. The average molecular weight is 314 g/mol. The van der Waals surface area contributed by atoms with E-state index in [9.17, 15) is 12.8 Å². The molecule has 21 heavy (non-hydrogen) atoms. The van der Waals surface area contributed by atoms with Gasteiger partial charge in [0.1, 0.15) is 10.7 Å². The highest BCUT2D eigenvalue weighted by molar-refractivity contribution is 7.89. The summed E-state index contributed by atoms with van der Waals surface area (Å²) in [6.07, 6.45) is 0.536. The van der Waals surface area contributed by atoms with Crippen molar-refractivity contribution in [2.24, 2.45) is 5.73 Å². The lowest BCUT2D eigenvalue weighted by atomic mass is 10.2. The highest BCUT2D eigenvalue weighted by Gasteiger charge is 2.22. The van der Waals surface area contributed by atoms with Crippen LogP contribution in [-0.4, -0.2) is 34.7 Å². The summed E-state index contributed by atoms with van der Waals surface area (Å²) in [4.78, 5) is -0.407. The summed E-state index contributed by atoms with van der Waals surface area (Å²) in [6, 6.07) is 3.31. The fraction of sp³-hybridized carbons (Fsp3) is 0.429. The molecule has 1 aromatic rings. The van der Waals surface area contributed by atoms with Gasteiger partial charge in [0, 0.05) is 18.7 Å². The fourth-order valence-corrected chi connectivity index (χ4v) is 3.03. The van der Waals surface area contributed by atoms with Crippen LogP contribution in [0.15, 0.2) is 23.1 Å². The first-order valence-electron chi connectivity index (χ1n) is 6.44. The van der Waals surface area contributed by atoms with Gasteiger partial charge in [0.2, 0.25) is 10.0 Å². The van der Waals surface area contributed by atoms with Crippen molar-refractivity contribution in [3.8, 4) is 11.8 Å². The van der Waals surface area contributed by atoms with Crippen LogP contribution in [-0.2, 0) is 14.8 Å². The van der Waals surface area contributed by atoms with E-state index in [0.717, 1.165) is 6.07 Å². The predicted octanol–water partition coefficient (Wildman–Crippen LogP) is 0.839. The van der Waals surface area contributed by atoms with Gasteiger partial charge >= 0.3 is 0 Å². The number of sulfonamides is 1. The van der Waals surface area contributed by atoms with Gasteiger partial charge in [-0.2, -0.15) is 0 Å². The van der Waals surface area contributed by atoms with E-state index in [0.29, 0.717) is 12.0 Å². The summed E-state index contributed by atoms with van der Waals surface area (Å²) in [6.45, 7) is 2.18. The van der Waals surface area contributed by atoms with Crippen LogP contribution in [0.25, 0.3) is 0 Å². The number of hydrogen-bond donors (Lipinski definition) is 2. The number of hydrogen-bond acceptors (Lipinski definition) is 4. The smallest absolute Gasteiger partial charge is 0.243 e. The highest BCUT2D eigenvalue weighted by Crippen LogP contribution is 2.16. The zero-order chi connectivity index (χ0) is 15.9. The Morgan fingerprint density at radius 2 is 2.19 bits per heavy atom. The lowest BCUT2D eigenvalue weighted by Gasteiger charge is -2.16. The quantitative estimate of drug-likeness (QED) is 0.762. The molecule has 5 nitrogen and oxygen atoms in total. The van der Waals surface area contributed by atoms with E-state index < -0.39 is 26.8 Å². The Morgan fingerprint density at radius 1 is 1.48 bits per heavy atom. The second-order valence-corrected chi connectivity index (χ2v) is 6.02. The van der Waals surface area contributed by atoms with Crippen LogP contribution in [0.2, 0.25) is 0 Å². The second-order valence-electron chi connectivity index (χ2n) is 4.33. The van der Waals surface area contributed by atoms with Crippen LogP contribution >= 0.6 is 0 Å². The first-order valence-corrected chi connectivity index (χ1v) is 7.92. The third-order valence-electron chi connectivity index (χ3n) is 2.74. The summed E-state index contributed by atoms with van der Waals surface area (Å²) in [7, 11) is -2.46. The summed E-state index contributed by atoms with van der Waals surface area (Å²) >= 11 is 0. The molecule has 1 rings (SSSR count). The maximum absolute atomic E-state index is 14.0. The number of nitrogens with one attached hydrogen (secondary N) is 1. The molecule has 116 valence electrons. The van der Waals surface area contributed by atoms with Crippen molar-refractivity contribution < 1.29 is 17.5 Å². The van der Waals surface area contributed by atoms with E-state index in [1.807, 2.05) is 6.92 Å². The summed E-state index contributed by atoms with van der Waals surface area (Å²) in [5.41, 5.74) is 5.60. The maximum Gasteiger partial charge on any atom is 0.243 e. The second kappa shape index (κ2) is 8.10. The van der Waals surface area contributed by atoms with Crippen LogP contribution in [0.4, 0.5) is 4.39 Å². The Balaban J connectivity index is 3.03. The molecule has 1 atom stereocenters. The zero-order valence-electron chi connectivity index (χ0n) is 12.0. The van der Waals surface area contributed by atoms with E-state index in [-0.39, 0.29) is 13.2 Å². The summed E-state index contributed by atoms with van der Waals surface area (Å²) in [5.74, 6) is 4.37. The molecule has 0 aliphatic carbocycles. The van der Waals surface area contributed by atoms with Gasteiger partial charge in [-0.25, -0.2) is 17.5 Å². The van der Waals surface area contributed by atoms with Gasteiger partial charge in [0.25, 0.3) is 0 Å². The molecule has 0 heterocycles. The van der Waals surface area contributed by atoms with E-state index in [1.54, 1.807) is 0 Å². The van der Waals surface area contributed by atoms with Crippen molar-refractivity contribution in [1.82, 2.24) is 4.72 Å². The van der Waals surface area contributed by atoms with Crippen molar-refractivity contribution in [1.29, 1.82) is 0 Å². The molecule has 1 aromatic carbocycles. The SMILES string of the molecule is CCC(COC)NS(=O)(=O)c1ccc(C#CCN)cc1F. The number of nitrogens with two attached hydrogens (primary N) is 1. The first-order chi connectivity index (χ1) is 9.94. The van der Waals surface area contributed by atoms with E-state index in [2.05, 4.69) is 16.6 Å². The number of benzene rings is 1. The fourth-order valence-electron chi connectivity index (χ4n) is 1.67. The molecule has 0 saturated heterocycles. The lowest BCUT2D eigenvalue weighted by molar-refractivity contribution is 0.173. The molecule has 0 amide bonds. The monoisotopic (exact) mass is 314 g/mol. The van der Waals surface area contributed by atoms with Gasteiger partial charge in [0.05, 0.1) is 13.2 Å². The van der Waals surface area contributed by atoms with Crippen LogP contribution in [0, 0.1) is 17.7 Å². The normalized spacial score (nSPS) is 12.6. The number of ether oxygens (including phenoxy) is 1. The van der Waals surface area contributed by atoms with E-state index in [1.165, 1.54) is 19.2 Å². The van der Waals surface area contributed by atoms with Gasteiger partial charge in [-0.1, -0.05) is 18.8 Å². The molecular weight excluding hydrogens is 295 g/mol. The molecule has 0 radical (unpaired) electrons. The molecule has 1 unspecified atom stereocenters. The predicted molar refractivity (Wildman–Crippen MR) is 78.6 cm³/mol. The van der Waals surface area contributed by atoms with Crippen LogP contribution < -0.4 is 10.5 Å². The molecule has 7 heteroatoms. The molecule has 3 N–H and O–H groups in total. The molecule has 0 spiro atoms. The van der Waals surface area contributed by atoms with Gasteiger partial charge in [-0.05, 0) is 24.6 Å². The third-order valence-corrected chi connectivity index (χ3v) is 4.29. The zero-order valence-corrected chi connectivity index (χ0v) is 12.8. The van der Waals surface area contributed by atoms with Gasteiger partial charge in [-0.3, -0.25) is 0 Å². The van der Waals surface area contributed by atoms with Crippen molar-refractivity contribution in [2.45, 2.75) is 24.3 Å². The molecule has 0 aliphatic rings. The Kier molecular flexibility index (Phi) is 6.78. The number of methoxy groups -OCH3 is 1. The Morgan fingerprint density at radius 3 is 2.71 bits per heavy atom. The van der Waals surface area contributed by atoms with Crippen molar-refractivity contribution in [3.63, 3.8) is 0 Å². The Hall–Kier alpha value is -1.46. The average Bonchev–Trinajstić information content (AvgIpc) is 2.44. The van der Waals surface area contributed by atoms with Crippen molar-refractivity contribution >= 4 is 10.0 Å². The van der Waals surface area contributed by atoms with Crippen LogP contribution in [0.5, 0.6) is 0 Å². The number of halogens is 1. The number of rotatable bonds is 6. The molecule has 0 bridgehead atoms. The van der Waals surface area contributed by atoms with Crippen LogP contribution in [0.1, 0.15) is 18.9 Å². The molecule has 0 fully saturated rings. The molecule has 0 aromatic heterocycles. The molecular formula is C14H19FN2O3S. The van der Waals surface area contributed by atoms with Crippen molar-refractivity contribution in [3.05, 3.63) is 29.6 Å². The summed E-state index contributed by atoms with van der Waals surface area (Å²) < 4.78 is 45.6. The standard InChI is InChI=1S/C14H19FN2O3S/c1-3-12(10-20-2)17-21(18,19)14-7-6-11(5-4-8-16)9-13(14)15/h6-7,9,12,17H,3,8,10,16H2,1-2H3. The van der Waals surface area contributed by atoms with Crippen molar-refractivity contribution in [2.75, 3.05) is 20.3 Å². The van der Waals surface area contributed by atoms with E-state index >= 15 is 0 Å². The largest absolute Gasteiger partial charge is 0.383 e. The minimum absolute atomic E-state index is 0.151. The Bertz CT molecular complexity index is 635. The minimum atomic E-state index is -3.94. The van der Waals surface area contributed by atoms with E-state index in [4.69, 9.17) is 10.5 Å². The summed E-state index contributed by atoms with van der Waals surface area (Å²) in [5, 5.41) is 0. The Labute approximate surface area is 124 Å². The van der Waals surface area contributed by atoms with Gasteiger partial charge in [0.15, 0.2) is 0 Å². The van der Waals surface area contributed by atoms with Gasteiger partial charge < -0.3 is 10.5 Å². The third kappa shape index (κ3) is 5.10. The minimum Gasteiger partial charge on any atom is -0.383 e. The topological polar surface area (TPSA) is 81.4 Å². The maximum atomic E-state index is 14.0. The highest BCUT2D eigenvalue weighted by atomic mass is 32.2. The lowest BCUT2D eigenvalue weighted by Crippen LogP contribution is -2.37. The molecule has 0 saturated carbocycles.